The van der Waals surface area contributed by atoms with E-state index in [2.05, 4.69) is 24.8 Å². The number of nitro benzene ring substituents is 1. The van der Waals surface area contributed by atoms with Crippen LogP contribution in [0.25, 0.3) is 0 Å². The van der Waals surface area contributed by atoms with Gasteiger partial charge < -0.3 is 4.90 Å². The first kappa shape index (κ1) is 11.9. The Morgan fingerprint density at radius 1 is 1.41 bits per heavy atom. The van der Waals surface area contributed by atoms with Crippen LogP contribution in [0.3, 0.4) is 0 Å². The fraction of sp³-hybridized carbons (Fsp3) is 0.538. The zero-order chi connectivity index (χ0) is 12.4. The van der Waals surface area contributed by atoms with Crippen molar-refractivity contribution in [3.63, 3.8) is 0 Å². The summed E-state index contributed by atoms with van der Waals surface area (Å²) >= 11 is 0. The third kappa shape index (κ3) is 2.75. The molecule has 1 aromatic carbocycles. The molecule has 91 valence electrons. The van der Waals surface area contributed by atoms with Gasteiger partial charge in [-0.15, -0.1) is 0 Å². The van der Waals surface area contributed by atoms with E-state index in [9.17, 15) is 10.1 Å². The van der Waals surface area contributed by atoms with Crippen molar-refractivity contribution >= 4 is 11.4 Å². The Balaban J connectivity index is 2.21. The average molecular weight is 233 g/mol. The van der Waals surface area contributed by atoms with Crippen LogP contribution in [0.2, 0.25) is 0 Å². The lowest BCUT2D eigenvalue weighted by Gasteiger charge is -2.36. The van der Waals surface area contributed by atoms with Gasteiger partial charge in [-0.1, -0.05) is 13.8 Å². The number of hydrogen-bond acceptors (Lipinski definition) is 3. The van der Waals surface area contributed by atoms with Crippen LogP contribution in [-0.2, 0) is 0 Å². The van der Waals surface area contributed by atoms with Gasteiger partial charge in [0.15, 0.2) is 0 Å². The second kappa shape index (κ2) is 4.73. The predicted octanol–water partition coefficient (Wildman–Crippen LogP) is 2.88. The van der Waals surface area contributed by atoms with Crippen molar-refractivity contribution in [2.75, 3.05) is 18.0 Å². The van der Waals surface area contributed by atoms with Crippen molar-refractivity contribution in [1.29, 1.82) is 0 Å². The van der Waals surface area contributed by atoms with Crippen molar-refractivity contribution < 1.29 is 4.92 Å². The first-order valence-electron chi connectivity index (χ1n) is 5.97. The minimum Gasteiger partial charge on any atom is -0.370 e. The molecule has 4 nitrogen and oxygen atoms in total. The van der Waals surface area contributed by atoms with Crippen LogP contribution in [-0.4, -0.2) is 18.0 Å². The highest BCUT2D eigenvalue weighted by molar-refractivity contribution is 5.52. The second-order valence-electron chi connectivity index (χ2n) is 5.04. The van der Waals surface area contributed by atoms with Gasteiger partial charge in [-0.25, -0.2) is 0 Å². The Bertz CT molecular complexity index is 410. The Kier molecular flexibility index (Phi) is 3.31. The van der Waals surface area contributed by atoms with Gasteiger partial charge >= 0.3 is 0 Å². The Morgan fingerprint density at radius 3 is 2.65 bits per heavy atom. The highest BCUT2D eigenvalue weighted by Gasteiger charge is 2.22. The summed E-state index contributed by atoms with van der Waals surface area (Å²) in [7, 11) is 0. The van der Waals surface area contributed by atoms with E-state index in [1.54, 1.807) is 12.1 Å². The van der Waals surface area contributed by atoms with Crippen molar-refractivity contribution in [2.45, 2.75) is 20.3 Å². The van der Waals surface area contributed by atoms with Crippen LogP contribution < -0.4 is 4.90 Å². The first-order chi connectivity index (χ1) is 8.06. The quantitative estimate of drug-likeness (QED) is 0.583. The summed E-state index contributed by atoms with van der Waals surface area (Å²) in [5, 5.41) is 10.7. The van der Waals surface area contributed by atoms with Gasteiger partial charge in [-0.3, -0.25) is 10.1 Å². The summed E-state index contributed by atoms with van der Waals surface area (Å²) < 4.78 is 0. The van der Waals surface area contributed by atoms with Crippen molar-refractivity contribution in [3.8, 4) is 0 Å². The molecule has 0 amide bonds. The smallest absolute Gasteiger partial charge is 0.271 e. The van der Waals surface area contributed by atoms with Gasteiger partial charge in [-0.2, -0.15) is 0 Å². The lowest BCUT2D eigenvalue weighted by Crippen LogP contribution is -2.38. The molecule has 0 aromatic heterocycles. The molecular formula is C13H17N2O2. The number of nitrogens with zero attached hydrogens (tertiary/aromatic N) is 2. The van der Waals surface area contributed by atoms with Crippen LogP contribution in [0.4, 0.5) is 11.4 Å². The second-order valence-corrected chi connectivity index (χ2v) is 5.04. The number of non-ortho nitro benzene ring substituents is 1. The molecule has 1 heterocycles. The monoisotopic (exact) mass is 233 g/mol. The molecule has 17 heavy (non-hydrogen) atoms. The van der Waals surface area contributed by atoms with Gasteiger partial charge in [-0.05, 0) is 24.3 Å². The van der Waals surface area contributed by atoms with Gasteiger partial charge in [0.2, 0.25) is 0 Å². The molecule has 2 unspecified atom stereocenters. The molecule has 1 aliphatic heterocycles. The molecule has 0 bridgehead atoms. The third-order valence-electron chi connectivity index (χ3n) is 3.19. The SMILES string of the molecule is CC1CC(C)CN(c2[c]ccc([N+](=O)[O-])c2)C1. The van der Waals surface area contributed by atoms with E-state index in [-0.39, 0.29) is 10.6 Å². The summed E-state index contributed by atoms with van der Waals surface area (Å²) in [6.45, 7) is 6.37. The molecule has 1 radical (unpaired) electrons. The molecule has 0 spiro atoms. The Labute approximate surface area is 101 Å². The molecule has 1 saturated heterocycles. The van der Waals surface area contributed by atoms with Gasteiger partial charge in [0, 0.05) is 31.3 Å². The van der Waals surface area contributed by atoms with Gasteiger partial charge in [0.25, 0.3) is 5.69 Å². The van der Waals surface area contributed by atoms with E-state index in [1.165, 1.54) is 12.5 Å². The molecule has 0 N–H and O–H groups in total. The van der Waals surface area contributed by atoms with Gasteiger partial charge in [0.1, 0.15) is 0 Å². The molecule has 0 saturated carbocycles. The van der Waals surface area contributed by atoms with Crippen LogP contribution in [0, 0.1) is 28.0 Å². The minimum atomic E-state index is -0.353. The highest BCUT2D eigenvalue weighted by Crippen LogP contribution is 2.27. The van der Waals surface area contributed by atoms with E-state index < -0.39 is 0 Å². The molecule has 1 aromatic rings. The van der Waals surface area contributed by atoms with Crippen molar-refractivity contribution in [1.82, 2.24) is 0 Å². The molecular weight excluding hydrogens is 216 g/mol. The fourth-order valence-electron chi connectivity index (χ4n) is 2.60. The Morgan fingerprint density at radius 2 is 2.06 bits per heavy atom. The number of nitro groups is 1. The average Bonchev–Trinajstić information content (AvgIpc) is 2.28. The van der Waals surface area contributed by atoms with Crippen LogP contribution in [0.1, 0.15) is 20.3 Å². The number of anilines is 1. The largest absolute Gasteiger partial charge is 0.370 e. The zero-order valence-corrected chi connectivity index (χ0v) is 10.2. The highest BCUT2D eigenvalue weighted by atomic mass is 16.6. The standard InChI is InChI=1S/C13H17N2O2/c1-10-6-11(2)9-14(8-10)12-4-3-5-13(7-12)15(16)17/h3,5,7,10-11H,6,8-9H2,1-2H3. The summed E-state index contributed by atoms with van der Waals surface area (Å²) in [6, 6.07) is 7.83. The first-order valence-corrected chi connectivity index (χ1v) is 5.97. The number of benzene rings is 1. The zero-order valence-electron chi connectivity index (χ0n) is 10.2. The van der Waals surface area contributed by atoms with E-state index in [4.69, 9.17) is 0 Å². The molecule has 4 heteroatoms. The summed E-state index contributed by atoms with van der Waals surface area (Å²) in [5.41, 5.74) is 0.988. The molecule has 1 aliphatic rings. The normalized spacial score (nSPS) is 24.7. The van der Waals surface area contributed by atoms with E-state index in [1.807, 2.05) is 0 Å². The molecule has 2 atom stereocenters. The summed E-state index contributed by atoms with van der Waals surface area (Å²) in [5.74, 6) is 1.26. The number of rotatable bonds is 2. The number of hydrogen-bond donors (Lipinski definition) is 0. The van der Waals surface area contributed by atoms with E-state index in [0.717, 1.165) is 18.8 Å². The number of piperidine rings is 1. The van der Waals surface area contributed by atoms with E-state index >= 15 is 0 Å². The summed E-state index contributed by atoms with van der Waals surface area (Å²) in [4.78, 5) is 12.6. The lowest BCUT2D eigenvalue weighted by molar-refractivity contribution is -0.384. The van der Waals surface area contributed by atoms with Crippen LogP contribution in [0.15, 0.2) is 18.2 Å². The maximum atomic E-state index is 10.7. The topological polar surface area (TPSA) is 46.4 Å². The van der Waals surface area contributed by atoms with Crippen LogP contribution in [0.5, 0.6) is 0 Å². The summed E-state index contributed by atoms with van der Waals surface area (Å²) in [6.07, 6.45) is 1.23. The van der Waals surface area contributed by atoms with Crippen LogP contribution >= 0.6 is 0 Å². The van der Waals surface area contributed by atoms with Gasteiger partial charge in [0.05, 0.1) is 10.6 Å². The molecule has 1 fully saturated rings. The van der Waals surface area contributed by atoms with Crippen molar-refractivity contribution in [3.05, 3.63) is 34.4 Å². The maximum absolute atomic E-state index is 10.7. The predicted molar refractivity (Wildman–Crippen MR) is 67.1 cm³/mol. The third-order valence-corrected chi connectivity index (χ3v) is 3.19. The fourth-order valence-corrected chi connectivity index (χ4v) is 2.60. The van der Waals surface area contributed by atoms with E-state index in [0.29, 0.717) is 11.8 Å². The molecule has 0 aliphatic carbocycles. The lowest BCUT2D eigenvalue weighted by atomic mass is 9.91. The maximum Gasteiger partial charge on any atom is 0.271 e. The Hall–Kier alpha value is -1.58. The minimum absolute atomic E-state index is 0.143. The molecule has 2 rings (SSSR count). The van der Waals surface area contributed by atoms with Crippen molar-refractivity contribution in [2.24, 2.45) is 11.8 Å².